The molecule has 1 aliphatic rings. The smallest absolute Gasteiger partial charge is 0.322 e. The Labute approximate surface area is 125 Å². The van der Waals surface area contributed by atoms with E-state index in [-0.39, 0.29) is 18.1 Å². The zero-order valence-corrected chi connectivity index (χ0v) is 12.8. The maximum absolute atomic E-state index is 12.4. The standard InChI is InChI=1S/C15H22ClN3O/c1-10-6-7-12(9-13(10)16)18-15(20)19-8-4-3-5-14(19)11(2)17/h6-7,9,11,14H,3-5,8,17H2,1-2H3,(H,18,20). The van der Waals surface area contributed by atoms with Gasteiger partial charge in [0.05, 0.1) is 0 Å². The summed E-state index contributed by atoms with van der Waals surface area (Å²) in [7, 11) is 0. The van der Waals surface area contributed by atoms with Gasteiger partial charge in [-0.1, -0.05) is 17.7 Å². The van der Waals surface area contributed by atoms with Crippen molar-refractivity contribution in [1.82, 2.24) is 4.90 Å². The van der Waals surface area contributed by atoms with Crippen LogP contribution in [0.15, 0.2) is 18.2 Å². The highest BCUT2D eigenvalue weighted by Crippen LogP contribution is 2.23. The molecule has 2 atom stereocenters. The molecule has 20 heavy (non-hydrogen) atoms. The summed E-state index contributed by atoms with van der Waals surface area (Å²) in [5.74, 6) is 0. The van der Waals surface area contributed by atoms with Crippen molar-refractivity contribution in [2.24, 2.45) is 5.73 Å². The Kier molecular flexibility index (Phi) is 4.89. The lowest BCUT2D eigenvalue weighted by Gasteiger charge is -2.37. The van der Waals surface area contributed by atoms with Crippen LogP contribution in [0.25, 0.3) is 0 Å². The number of urea groups is 1. The molecule has 2 unspecified atom stereocenters. The maximum Gasteiger partial charge on any atom is 0.322 e. The van der Waals surface area contributed by atoms with Gasteiger partial charge in [0.25, 0.3) is 0 Å². The van der Waals surface area contributed by atoms with Gasteiger partial charge in [0.1, 0.15) is 0 Å². The second-order valence-corrected chi connectivity index (χ2v) is 5.92. The van der Waals surface area contributed by atoms with Crippen LogP contribution in [0.3, 0.4) is 0 Å². The number of likely N-dealkylation sites (tertiary alicyclic amines) is 1. The van der Waals surface area contributed by atoms with E-state index in [2.05, 4.69) is 5.32 Å². The molecule has 5 heteroatoms. The van der Waals surface area contributed by atoms with Gasteiger partial charge in [-0.05, 0) is 50.8 Å². The quantitative estimate of drug-likeness (QED) is 0.879. The van der Waals surface area contributed by atoms with E-state index >= 15 is 0 Å². The van der Waals surface area contributed by atoms with Crippen LogP contribution >= 0.6 is 11.6 Å². The molecule has 3 N–H and O–H groups in total. The first kappa shape index (κ1) is 15.1. The monoisotopic (exact) mass is 295 g/mol. The van der Waals surface area contributed by atoms with E-state index in [9.17, 15) is 4.79 Å². The zero-order chi connectivity index (χ0) is 14.7. The van der Waals surface area contributed by atoms with Crippen molar-refractivity contribution < 1.29 is 4.79 Å². The van der Waals surface area contributed by atoms with Crippen LogP contribution in [0.5, 0.6) is 0 Å². The maximum atomic E-state index is 12.4. The highest BCUT2D eigenvalue weighted by atomic mass is 35.5. The minimum atomic E-state index is -0.0908. The molecule has 1 saturated heterocycles. The first-order valence-corrected chi connectivity index (χ1v) is 7.46. The molecule has 0 radical (unpaired) electrons. The first-order valence-electron chi connectivity index (χ1n) is 7.08. The fraction of sp³-hybridized carbons (Fsp3) is 0.533. The Morgan fingerprint density at radius 3 is 2.90 bits per heavy atom. The third-order valence-corrected chi connectivity index (χ3v) is 4.25. The van der Waals surface area contributed by atoms with Crippen molar-refractivity contribution in [3.8, 4) is 0 Å². The number of hydrogen-bond donors (Lipinski definition) is 2. The molecular weight excluding hydrogens is 274 g/mol. The van der Waals surface area contributed by atoms with Crippen molar-refractivity contribution in [2.45, 2.75) is 45.2 Å². The summed E-state index contributed by atoms with van der Waals surface area (Å²) in [4.78, 5) is 14.2. The first-order chi connectivity index (χ1) is 9.49. The average Bonchev–Trinajstić information content (AvgIpc) is 2.43. The number of halogens is 1. The molecule has 2 amide bonds. The van der Waals surface area contributed by atoms with Crippen molar-refractivity contribution in [3.63, 3.8) is 0 Å². The molecule has 0 spiro atoms. The number of nitrogens with one attached hydrogen (secondary N) is 1. The van der Waals surface area contributed by atoms with E-state index in [4.69, 9.17) is 17.3 Å². The summed E-state index contributed by atoms with van der Waals surface area (Å²) in [6.45, 7) is 4.65. The zero-order valence-electron chi connectivity index (χ0n) is 12.0. The molecule has 1 heterocycles. The van der Waals surface area contributed by atoms with E-state index < -0.39 is 0 Å². The van der Waals surface area contributed by atoms with Crippen molar-refractivity contribution in [3.05, 3.63) is 28.8 Å². The Morgan fingerprint density at radius 2 is 2.25 bits per heavy atom. The van der Waals surface area contributed by atoms with Gasteiger partial charge in [-0.25, -0.2) is 4.79 Å². The largest absolute Gasteiger partial charge is 0.326 e. The van der Waals surface area contributed by atoms with E-state index in [0.717, 1.165) is 37.1 Å². The van der Waals surface area contributed by atoms with Crippen molar-refractivity contribution >= 4 is 23.3 Å². The van der Waals surface area contributed by atoms with E-state index in [0.29, 0.717) is 5.02 Å². The summed E-state index contributed by atoms with van der Waals surface area (Å²) in [6, 6.07) is 5.56. The SMILES string of the molecule is Cc1ccc(NC(=O)N2CCCCC2C(C)N)cc1Cl. The number of benzene rings is 1. The normalized spacial score (nSPS) is 20.6. The van der Waals surface area contributed by atoms with Crippen LogP contribution in [0, 0.1) is 6.92 Å². The van der Waals surface area contributed by atoms with Crippen molar-refractivity contribution in [1.29, 1.82) is 0 Å². The molecular formula is C15H22ClN3O. The highest BCUT2D eigenvalue weighted by Gasteiger charge is 2.29. The van der Waals surface area contributed by atoms with Gasteiger partial charge in [0.15, 0.2) is 0 Å². The molecule has 1 fully saturated rings. The molecule has 1 aromatic rings. The van der Waals surface area contributed by atoms with Crippen molar-refractivity contribution in [2.75, 3.05) is 11.9 Å². The second kappa shape index (κ2) is 6.46. The number of piperidine rings is 1. The lowest BCUT2D eigenvalue weighted by molar-refractivity contribution is 0.151. The van der Waals surface area contributed by atoms with Crippen LogP contribution in [0.4, 0.5) is 10.5 Å². The Bertz CT molecular complexity index is 490. The number of carbonyl (C=O) groups excluding carboxylic acids is 1. The Balaban J connectivity index is 2.07. The third-order valence-electron chi connectivity index (χ3n) is 3.84. The highest BCUT2D eigenvalue weighted by molar-refractivity contribution is 6.31. The van der Waals surface area contributed by atoms with Crippen LogP contribution in [0.2, 0.25) is 5.02 Å². The molecule has 1 aliphatic heterocycles. The molecule has 110 valence electrons. The molecule has 0 aliphatic carbocycles. The predicted molar refractivity (Wildman–Crippen MR) is 83.2 cm³/mol. The Hall–Kier alpha value is -1.26. The topological polar surface area (TPSA) is 58.4 Å². The number of amides is 2. The summed E-state index contributed by atoms with van der Waals surface area (Å²) >= 11 is 6.08. The Morgan fingerprint density at radius 1 is 1.50 bits per heavy atom. The minimum absolute atomic E-state index is 0.0114. The molecule has 0 bridgehead atoms. The fourth-order valence-electron chi connectivity index (χ4n) is 2.62. The van der Waals surface area contributed by atoms with E-state index in [1.807, 2.05) is 30.9 Å². The minimum Gasteiger partial charge on any atom is -0.326 e. The van der Waals surface area contributed by atoms with Gasteiger partial charge in [-0.15, -0.1) is 0 Å². The van der Waals surface area contributed by atoms with E-state index in [1.165, 1.54) is 0 Å². The fourth-order valence-corrected chi connectivity index (χ4v) is 2.80. The number of nitrogens with two attached hydrogens (primary N) is 1. The third kappa shape index (κ3) is 3.44. The summed E-state index contributed by atoms with van der Waals surface area (Å²) in [5, 5.41) is 3.57. The molecule has 1 aromatic carbocycles. The van der Waals surface area contributed by atoms with Gasteiger partial charge in [0.2, 0.25) is 0 Å². The van der Waals surface area contributed by atoms with E-state index in [1.54, 1.807) is 6.07 Å². The average molecular weight is 296 g/mol. The van der Waals surface area contributed by atoms with Crippen LogP contribution in [0.1, 0.15) is 31.7 Å². The van der Waals surface area contributed by atoms with Crippen LogP contribution in [-0.4, -0.2) is 29.6 Å². The van der Waals surface area contributed by atoms with Gasteiger partial charge >= 0.3 is 6.03 Å². The number of rotatable bonds is 2. The lowest BCUT2D eigenvalue weighted by atomic mass is 9.97. The lowest BCUT2D eigenvalue weighted by Crippen LogP contribution is -2.53. The second-order valence-electron chi connectivity index (χ2n) is 5.51. The number of nitrogens with zero attached hydrogens (tertiary/aromatic N) is 1. The van der Waals surface area contributed by atoms with Gasteiger partial charge in [0, 0.05) is 29.3 Å². The predicted octanol–water partition coefficient (Wildman–Crippen LogP) is 3.38. The molecule has 0 aromatic heterocycles. The van der Waals surface area contributed by atoms with Gasteiger partial charge < -0.3 is 16.0 Å². The molecule has 0 saturated carbocycles. The number of anilines is 1. The van der Waals surface area contributed by atoms with Gasteiger partial charge in [-0.2, -0.15) is 0 Å². The molecule has 4 nitrogen and oxygen atoms in total. The number of aryl methyl sites for hydroxylation is 1. The van der Waals surface area contributed by atoms with Crippen LogP contribution < -0.4 is 11.1 Å². The summed E-state index contributed by atoms with van der Waals surface area (Å²) in [5.41, 5.74) is 7.71. The van der Waals surface area contributed by atoms with Crippen LogP contribution in [-0.2, 0) is 0 Å². The van der Waals surface area contributed by atoms with Gasteiger partial charge in [-0.3, -0.25) is 0 Å². The molecule has 2 rings (SSSR count). The summed E-state index contributed by atoms with van der Waals surface area (Å²) < 4.78 is 0. The number of carbonyl (C=O) groups is 1. The summed E-state index contributed by atoms with van der Waals surface area (Å²) in [6.07, 6.45) is 3.14. The number of hydrogen-bond acceptors (Lipinski definition) is 2.